The summed E-state index contributed by atoms with van der Waals surface area (Å²) in [7, 11) is 0. The number of H-pyrrole nitrogens is 2. The second kappa shape index (κ2) is 7.84. The Morgan fingerprint density at radius 3 is 1.71 bits per heavy atom. The smallest absolute Gasteiger partial charge is 0.0658 e. The van der Waals surface area contributed by atoms with Gasteiger partial charge in [0.2, 0.25) is 0 Å². The summed E-state index contributed by atoms with van der Waals surface area (Å²) in [5, 5.41) is 0. The predicted molar refractivity (Wildman–Crippen MR) is 122 cm³/mol. The van der Waals surface area contributed by atoms with E-state index in [1.807, 2.05) is 61.0 Å². The van der Waals surface area contributed by atoms with Gasteiger partial charge in [0.15, 0.2) is 0 Å². The molecule has 6 rings (SSSR count). The van der Waals surface area contributed by atoms with E-state index in [1.165, 1.54) is 0 Å². The van der Waals surface area contributed by atoms with Crippen LogP contribution in [-0.2, 0) is 17.1 Å². The first-order chi connectivity index (χ1) is 14.8. The molecule has 0 saturated carbocycles. The Morgan fingerprint density at radius 2 is 1.10 bits per heavy atom. The maximum Gasteiger partial charge on any atom is 0.0658 e. The molecular formula is C25H17CuN5. The molecule has 5 nitrogen and oxygen atoms in total. The number of rotatable bonds is 1. The van der Waals surface area contributed by atoms with Gasteiger partial charge in [-0.05, 0) is 84.5 Å². The van der Waals surface area contributed by atoms with Crippen LogP contribution in [0.4, 0.5) is 0 Å². The Morgan fingerprint density at radius 1 is 0.548 bits per heavy atom. The summed E-state index contributed by atoms with van der Waals surface area (Å²) in [6.45, 7) is 0. The molecule has 153 valence electrons. The monoisotopic (exact) mass is 450 g/mol. The van der Waals surface area contributed by atoms with Crippen molar-refractivity contribution in [2.45, 2.75) is 0 Å². The number of pyridine rings is 1. The first-order valence-corrected chi connectivity index (χ1v) is 9.77. The van der Waals surface area contributed by atoms with Gasteiger partial charge >= 0.3 is 0 Å². The van der Waals surface area contributed by atoms with Crippen molar-refractivity contribution in [2.24, 2.45) is 0 Å². The number of hydrogen-bond acceptors (Lipinski definition) is 3. The largest absolute Gasteiger partial charge is 0.355 e. The van der Waals surface area contributed by atoms with Crippen LogP contribution in [-0.4, -0.2) is 24.9 Å². The fraction of sp³-hybridized carbons (Fsp3) is 0. The van der Waals surface area contributed by atoms with E-state index in [2.05, 4.69) is 45.3 Å². The third-order valence-electron chi connectivity index (χ3n) is 5.16. The normalized spacial score (nSPS) is 12.0. The average molecular weight is 451 g/mol. The van der Waals surface area contributed by atoms with Crippen LogP contribution in [0.5, 0.6) is 0 Å². The van der Waals surface area contributed by atoms with Gasteiger partial charge in [-0.1, -0.05) is 0 Å². The van der Waals surface area contributed by atoms with Gasteiger partial charge in [-0.2, -0.15) is 0 Å². The van der Waals surface area contributed by atoms with Gasteiger partial charge < -0.3 is 9.97 Å². The molecule has 0 spiro atoms. The van der Waals surface area contributed by atoms with Crippen molar-refractivity contribution in [3.05, 3.63) is 89.8 Å². The fourth-order valence-corrected chi connectivity index (χ4v) is 3.79. The van der Waals surface area contributed by atoms with E-state index in [9.17, 15) is 0 Å². The van der Waals surface area contributed by atoms with Crippen LogP contribution in [0.3, 0.4) is 0 Å². The minimum atomic E-state index is 0. The predicted octanol–water partition coefficient (Wildman–Crippen LogP) is 5.72. The van der Waals surface area contributed by atoms with Gasteiger partial charge in [0, 0.05) is 57.1 Å². The third kappa shape index (κ3) is 3.87. The summed E-state index contributed by atoms with van der Waals surface area (Å²) in [5.41, 5.74) is 9.88. The zero-order chi connectivity index (χ0) is 19.9. The van der Waals surface area contributed by atoms with Crippen molar-refractivity contribution in [1.29, 1.82) is 0 Å². The minimum Gasteiger partial charge on any atom is -0.355 e. The molecule has 2 aliphatic heterocycles. The van der Waals surface area contributed by atoms with E-state index in [-0.39, 0.29) is 17.1 Å². The van der Waals surface area contributed by atoms with Crippen LogP contribution in [0.1, 0.15) is 22.8 Å². The van der Waals surface area contributed by atoms with Crippen LogP contribution in [0, 0.1) is 0 Å². The van der Waals surface area contributed by atoms with Gasteiger partial charge in [-0.15, -0.1) is 0 Å². The zero-order valence-corrected chi connectivity index (χ0v) is 17.2. The zero-order valence-electron chi connectivity index (χ0n) is 16.3. The molecule has 0 atom stereocenters. The van der Waals surface area contributed by atoms with Crippen LogP contribution < -0.4 is 0 Å². The summed E-state index contributed by atoms with van der Waals surface area (Å²) in [5.74, 6) is 0. The number of aromatic nitrogens is 5. The van der Waals surface area contributed by atoms with Crippen LogP contribution in [0.2, 0.25) is 0 Å². The summed E-state index contributed by atoms with van der Waals surface area (Å²) >= 11 is 0. The van der Waals surface area contributed by atoms with E-state index in [0.29, 0.717) is 0 Å². The maximum atomic E-state index is 4.76. The Labute approximate surface area is 189 Å². The standard InChI is InChI=1S/C25H17N5.Cu/c1-2-18-12-20-5-6-22(29-20)15-25-24(16-7-9-26-10-8-16)14-23(30-25)13-21-4-3-19(28-21)11-17(1)27-18;/h1-15,27,30H;. The summed E-state index contributed by atoms with van der Waals surface area (Å²) in [6, 6.07) is 18.5. The molecule has 2 aliphatic rings. The molecule has 8 bridgehead atoms. The molecule has 6 heteroatoms. The van der Waals surface area contributed by atoms with Crippen molar-refractivity contribution in [3.8, 4) is 11.1 Å². The number of hydrogen-bond donors (Lipinski definition) is 2. The van der Waals surface area contributed by atoms with Crippen molar-refractivity contribution >= 4 is 46.4 Å². The number of nitrogens with one attached hydrogen (secondary N) is 2. The summed E-state index contributed by atoms with van der Waals surface area (Å²) in [6.07, 6.45) is 11.7. The van der Waals surface area contributed by atoms with Crippen molar-refractivity contribution in [2.75, 3.05) is 0 Å². The minimum absolute atomic E-state index is 0. The van der Waals surface area contributed by atoms with Crippen molar-refractivity contribution < 1.29 is 17.1 Å². The molecular weight excluding hydrogens is 434 g/mol. The molecule has 0 saturated heterocycles. The number of nitrogens with zero attached hydrogens (tertiary/aromatic N) is 3. The second-order valence-electron chi connectivity index (χ2n) is 7.32. The number of aromatic amines is 2. The Kier molecular flexibility index (Phi) is 4.86. The van der Waals surface area contributed by atoms with Gasteiger partial charge in [0.05, 0.1) is 22.8 Å². The molecule has 0 aromatic carbocycles. The summed E-state index contributed by atoms with van der Waals surface area (Å²) < 4.78 is 0. The fourth-order valence-electron chi connectivity index (χ4n) is 3.79. The van der Waals surface area contributed by atoms with Gasteiger partial charge in [0.1, 0.15) is 0 Å². The number of fused-ring (bicyclic) bond motifs is 8. The van der Waals surface area contributed by atoms with Crippen LogP contribution in [0.15, 0.2) is 67.0 Å². The van der Waals surface area contributed by atoms with Crippen LogP contribution in [0.25, 0.3) is 57.5 Å². The SMILES string of the molecule is C1=Cc2cc3cc(-c4ccncc4)c(cc4nc(cc5ccc(cc1n2)[nH]5)C=C4)[nH]3.[Cu]. The Bertz CT molecular complexity index is 1490. The molecule has 2 N–H and O–H groups in total. The molecule has 1 radical (unpaired) electrons. The molecule has 4 aromatic heterocycles. The summed E-state index contributed by atoms with van der Waals surface area (Å²) in [4.78, 5) is 20.6. The van der Waals surface area contributed by atoms with Gasteiger partial charge in [-0.3, -0.25) is 4.98 Å². The van der Waals surface area contributed by atoms with Crippen LogP contribution >= 0.6 is 0 Å². The Balaban J connectivity index is 0.00000204. The topological polar surface area (TPSA) is 70.2 Å². The van der Waals surface area contributed by atoms with E-state index < -0.39 is 0 Å². The molecule has 6 heterocycles. The van der Waals surface area contributed by atoms with E-state index in [0.717, 1.165) is 56.0 Å². The van der Waals surface area contributed by atoms with E-state index in [4.69, 9.17) is 9.97 Å². The molecule has 4 aromatic rings. The molecule has 31 heavy (non-hydrogen) atoms. The van der Waals surface area contributed by atoms with Gasteiger partial charge in [-0.25, -0.2) is 9.97 Å². The van der Waals surface area contributed by atoms with Crippen molar-refractivity contribution in [1.82, 2.24) is 24.9 Å². The maximum absolute atomic E-state index is 4.76. The quantitative estimate of drug-likeness (QED) is 0.315. The average Bonchev–Trinajstić information content (AvgIpc) is 3.53. The van der Waals surface area contributed by atoms with E-state index >= 15 is 0 Å². The molecule has 0 aliphatic carbocycles. The molecule has 0 unspecified atom stereocenters. The van der Waals surface area contributed by atoms with E-state index in [1.54, 1.807) is 0 Å². The Hall–Kier alpha value is -3.73. The first-order valence-electron chi connectivity index (χ1n) is 9.77. The first kappa shape index (κ1) is 19.2. The second-order valence-corrected chi connectivity index (χ2v) is 7.32. The van der Waals surface area contributed by atoms with Crippen molar-refractivity contribution in [3.63, 3.8) is 0 Å². The third-order valence-corrected chi connectivity index (χ3v) is 5.16. The van der Waals surface area contributed by atoms with Gasteiger partial charge in [0.25, 0.3) is 0 Å². The molecule has 0 fully saturated rings. The molecule has 0 amide bonds.